The van der Waals surface area contributed by atoms with Gasteiger partial charge in [-0.2, -0.15) is 0 Å². The van der Waals surface area contributed by atoms with Crippen molar-refractivity contribution in [2.45, 2.75) is 24.2 Å². The molecule has 0 bridgehead atoms. The Kier molecular flexibility index (Phi) is 4.54. The van der Waals surface area contributed by atoms with Crippen LogP contribution in [0, 0.1) is 11.8 Å². The van der Waals surface area contributed by atoms with Gasteiger partial charge in [-0.1, -0.05) is 6.07 Å². The van der Waals surface area contributed by atoms with Gasteiger partial charge in [0.15, 0.2) is 0 Å². The summed E-state index contributed by atoms with van der Waals surface area (Å²) in [7, 11) is -1.10. The minimum absolute atomic E-state index is 0.159. The Hall–Kier alpha value is -1.69. The summed E-state index contributed by atoms with van der Waals surface area (Å²) < 4.78 is 11.4. The Morgan fingerprint density at radius 3 is 2.60 bits per heavy atom. The van der Waals surface area contributed by atoms with Crippen LogP contribution in [0.1, 0.15) is 19.3 Å². The second-order valence-electron chi connectivity index (χ2n) is 5.02. The summed E-state index contributed by atoms with van der Waals surface area (Å²) in [6.07, 6.45) is 3.12. The van der Waals surface area contributed by atoms with Gasteiger partial charge in [-0.05, 0) is 37.5 Å². The number of anilines is 1. The summed E-state index contributed by atoms with van der Waals surface area (Å²) in [5.74, 6) is -1.66. The van der Waals surface area contributed by atoms with Crippen LogP contribution in [0.4, 0.5) is 5.69 Å². The standard InChI is InChI=1S/C14H17NO4S/c1-20(19)12-4-2-3-11(8-12)15-13(16)9-5-6-10(7-9)14(17)18/h2-4,8-10H,5-7H2,1H3,(H,15,16)(H,17,18)/t9-,10+,20+/m1/s1. The van der Waals surface area contributed by atoms with E-state index in [0.717, 1.165) is 0 Å². The predicted octanol–water partition coefficient (Wildman–Crippen LogP) is 1.86. The molecule has 1 saturated carbocycles. The fraction of sp³-hybridized carbons (Fsp3) is 0.429. The maximum Gasteiger partial charge on any atom is 0.306 e. The number of carboxylic acid groups (broad SMARTS) is 1. The Labute approximate surface area is 119 Å². The van der Waals surface area contributed by atoms with Crippen molar-refractivity contribution in [3.05, 3.63) is 24.3 Å². The van der Waals surface area contributed by atoms with E-state index in [-0.39, 0.29) is 11.8 Å². The third-order valence-electron chi connectivity index (χ3n) is 3.59. The first-order chi connectivity index (χ1) is 9.47. The molecule has 0 aromatic heterocycles. The van der Waals surface area contributed by atoms with E-state index in [1.54, 1.807) is 30.5 Å². The number of carbonyl (C=O) groups is 2. The van der Waals surface area contributed by atoms with Crippen molar-refractivity contribution >= 4 is 28.4 Å². The van der Waals surface area contributed by atoms with Crippen LogP contribution >= 0.6 is 0 Å². The van der Waals surface area contributed by atoms with Crippen molar-refractivity contribution in [1.82, 2.24) is 0 Å². The predicted molar refractivity (Wildman–Crippen MR) is 75.9 cm³/mol. The summed E-state index contributed by atoms with van der Waals surface area (Å²) in [4.78, 5) is 23.6. The lowest BCUT2D eigenvalue weighted by atomic mass is 10.0. The first-order valence-electron chi connectivity index (χ1n) is 6.44. The average molecular weight is 295 g/mol. The number of rotatable bonds is 4. The average Bonchev–Trinajstić information content (AvgIpc) is 2.88. The number of aliphatic carboxylic acids is 1. The highest BCUT2D eigenvalue weighted by Gasteiger charge is 2.33. The van der Waals surface area contributed by atoms with Gasteiger partial charge in [-0.25, -0.2) is 0 Å². The largest absolute Gasteiger partial charge is 0.481 e. The van der Waals surface area contributed by atoms with Crippen molar-refractivity contribution < 1.29 is 18.9 Å². The van der Waals surface area contributed by atoms with Crippen molar-refractivity contribution in [3.63, 3.8) is 0 Å². The van der Waals surface area contributed by atoms with Gasteiger partial charge in [0.25, 0.3) is 0 Å². The fourth-order valence-electron chi connectivity index (χ4n) is 2.44. The lowest BCUT2D eigenvalue weighted by molar-refractivity contribution is -0.141. The van der Waals surface area contributed by atoms with Crippen LogP contribution in [0.3, 0.4) is 0 Å². The van der Waals surface area contributed by atoms with E-state index in [1.165, 1.54) is 0 Å². The summed E-state index contributed by atoms with van der Waals surface area (Å²) in [5, 5.41) is 11.7. The van der Waals surface area contributed by atoms with Gasteiger partial charge in [0.1, 0.15) is 0 Å². The Balaban J connectivity index is 2.00. The summed E-state index contributed by atoms with van der Waals surface area (Å²) in [6, 6.07) is 6.89. The molecule has 3 atom stereocenters. The zero-order chi connectivity index (χ0) is 14.7. The molecule has 0 radical (unpaired) electrons. The van der Waals surface area contributed by atoms with Crippen LogP contribution < -0.4 is 5.32 Å². The third kappa shape index (κ3) is 3.45. The molecule has 2 rings (SSSR count). The number of carbonyl (C=O) groups excluding carboxylic acids is 1. The minimum Gasteiger partial charge on any atom is -0.481 e. The van der Waals surface area contributed by atoms with E-state index >= 15 is 0 Å². The van der Waals surface area contributed by atoms with E-state index in [2.05, 4.69) is 5.32 Å². The summed E-state index contributed by atoms with van der Waals surface area (Å²) >= 11 is 0. The Bertz CT molecular complexity index is 558. The number of hydrogen-bond donors (Lipinski definition) is 2. The minimum atomic E-state index is -1.10. The van der Waals surface area contributed by atoms with Crippen molar-refractivity contribution in [2.24, 2.45) is 11.8 Å². The number of hydrogen-bond acceptors (Lipinski definition) is 3. The molecule has 6 heteroatoms. The van der Waals surface area contributed by atoms with Crippen LogP contribution in [-0.2, 0) is 20.4 Å². The van der Waals surface area contributed by atoms with Gasteiger partial charge in [-0.15, -0.1) is 0 Å². The molecule has 1 aliphatic rings. The molecule has 0 aliphatic heterocycles. The monoisotopic (exact) mass is 295 g/mol. The van der Waals surface area contributed by atoms with E-state index in [1.807, 2.05) is 0 Å². The van der Waals surface area contributed by atoms with Crippen LogP contribution in [-0.4, -0.2) is 27.4 Å². The Morgan fingerprint density at radius 2 is 2.00 bits per heavy atom. The van der Waals surface area contributed by atoms with Gasteiger partial charge in [0, 0.05) is 33.6 Å². The smallest absolute Gasteiger partial charge is 0.306 e. The van der Waals surface area contributed by atoms with E-state index in [0.29, 0.717) is 29.8 Å². The molecule has 1 aromatic carbocycles. The number of benzene rings is 1. The van der Waals surface area contributed by atoms with Crippen molar-refractivity contribution in [3.8, 4) is 0 Å². The third-order valence-corrected chi connectivity index (χ3v) is 4.50. The number of amides is 1. The summed E-state index contributed by atoms with van der Waals surface area (Å²) in [5.41, 5.74) is 0.599. The maximum atomic E-state index is 12.1. The van der Waals surface area contributed by atoms with E-state index in [4.69, 9.17) is 5.11 Å². The lowest BCUT2D eigenvalue weighted by Crippen LogP contribution is -2.21. The second kappa shape index (κ2) is 6.17. The van der Waals surface area contributed by atoms with Gasteiger partial charge < -0.3 is 10.4 Å². The molecule has 1 amide bonds. The molecule has 108 valence electrons. The Morgan fingerprint density at radius 1 is 1.30 bits per heavy atom. The quantitative estimate of drug-likeness (QED) is 0.888. The fourth-order valence-corrected chi connectivity index (χ4v) is 3.00. The van der Waals surface area contributed by atoms with Crippen LogP contribution in [0.25, 0.3) is 0 Å². The first kappa shape index (κ1) is 14.7. The second-order valence-corrected chi connectivity index (χ2v) is 6.40. The van der Waals surface area contributed by atoms with Crippen LogP contribution in [0.15, 0.2) is 29.2 Å². The highest BCUT2D eigenvalue weighted by molar-refractivity contribution is 7.84. The van der Waals surface area contributed by atoms with Crippen LogP contribution in [0.2, 0.25) is 0 Å². The molecule has 0 spiro atoms. The zero-order valence-corrected chi connectivity index (χ0v) is 12.0. The summed E-state index contributed by atoms with van der Waals surface area (Å²) in [6.45, 7) is 0. The van der Waals surface area contributed by atoms with E-state index in [9.17, 15) is 13.8 Å². The lowest BCUT2D eigenvalue weighted by Gasteiger charge is -2.11. The molecule has 1 fully saturated rings. The molecule has 0 saturated heterocycles. The molecule has 0 heterocycles. The zero-order valence-electron chi connectivity index (χ0n) is 11.2. The normalized spacial score (nSPS) is 23.2. The molecule has 1 aromatic rings. The van der Waals surface area contributed by atoms with E-state index < -0.39 is 22.7 Å². The van der Waals surface area contributed by atoms with Gasteiger partial charge in [0.2, 0.25) is 5.91 Å². The maximum absolute atomic E-state index is 12.1. The molecule has 1 aliphatic carbocycles. The molecule has 0 unspecified atom stereocenters. The number of nitrogens with one attached hydrogen (secondary N) is 1. The topological polar surface area (TPSA) is 83.5 Å². The first-order valence-corrected chi connectivity index (χ1v) is 8.00. The SMILES string of the molecule is C[S@](=O)c1cccc(NC(=O)[C@@H]2CC[C@H](C(=O)O)C2)c1. The molecule has 20 heavy (non-hydrogen) atoms. The van der Waals surface area contributed by atoms with Gasteiger partial charge in [-0.3, -0.25) is 13.8 Å². The highest BCUT2D eigenvalue weighted by atomic mass is 32.2. The van der Waals surface area contributed by atoms with Crippen molar-refractivity contribution in [2.75, 3.05) is 11.6 Å². The van der Waals surface area contributed by atoms with Gasteiger partial charge in [0.05, 0.1) is 5.92 Å². The molecule has 5 nitrogen and oxygen atoms in total. The molecular formula is C14H17NO4S. The highest BCUT2D eigenvalue weighted by Crippen LogP contribution is 2.32. The molecule has 2 N–H and O–H groups in total. The van der Waals surface area contributed by atoms with Gasteiger partial charge >= 0.3 is 5.97 Å². The molecular weight excluding hydrogens is 278 g/mol. The van der Waals surface area contributed by atoms with Crippen LogP contribution in [0.5, 0.6) is 0 Å². The number of carboxylic acids is 1. The van der Waals surface area contributed by atoms with Crippen molar-refractivity contribution in [1.29, 1.82) is 0 Å².